The minimum absolute atomic E-state index is 0.218. The monoisotopic (exact) mass is 285 g/mol. The van der Waals surface area contributed by atoms with E-state index in [0.29, 0.717) is 5.92 Å². The van der Waals surface area contributed by atoms with Crippen LogP contribution in [0.4, 0.5) is 0 Å². The highest BCUT2D eigenvalue weighted by Crippen LogP contribution is 2.27. The molecular formula is C19H27NO. The molecule has 114 valence electrons. The fourth-order valence-corrected chi connectivity index (χ4v) is 2.88. The van der Waals surface area contributed by atoms with Crippen LogP contribution in [0.3, 0.4) is 0 Å². The molecule has 2 rings (SSSR count). The Labute approximate surface area is 128 Å². The van der Waals surface area contributed by atoms with Crippen molar-refractivity contribution in [2.24, 2.45) is 5.92 Å². The molecule has 0 aliphatic heterocycles. The summed E-state index contributed by atoms with van der Waals surface area (Å²) in [6.45, 7) is 9.75. The molecule has 0 fully saturated rings. The second-order valence-corrected chi connectivity index (χ2v) is 5.99. The van der Waals surface area contributed by atoms with E-state index in [1.165, 1.54) is 16.7 Å². The SMILES string of the molecule is CCNC(c1cccc(CC(C)C)c1)c1ccoc1CC. The van der Waals surface area contributed by atoms with Gasteiger partial charge in [-0.05, 0) is 36.1 Å². The molecule has 2 heteroatoms. The van der Waals surface area contributed by atoms with Crippen molar-refractivity contribution < 1.29 is 4.42 Å². The third-order valence-corrected chi connectivity index (χ3v) is 3.75. The van der Waals surface area contributed by atoms with Gasteiger partial charge in [0.15, 0.2) is 0 Å². The third kappa shape index (κ3) is 3.98. The van der Waals surface area contributed by atoms with Crippen LogP contribution in [0.5, 0.6) is 0 Å². The highest BCUT2D eigenvalue weighted by atomic mass is 16.3. The van der Waals surface area contributed by atoms with Gasteiger partial charge in [-0.3, -0.25) is 0 Å². The van der Waals surface area contributed by atoms with Gasteiger partial charge >= 0.3 is 0 Å². The average Bonchev–Trinajstić information content (AvgIpc) is 2.92. The van der Waals surface area contributed by atoms with Crippen molar-refractivity contribution in [3.05, 3.63) is 59.0 Å². The number of rotatable bonds is 7. The van der Waals surface area contributed by atoms with Gasteiger partial charge in [-0.25, -0.2) is 0 Å². The summed E-state index contributed by atoms with van der Waals surface area (Å²) in [5.74, 6) is 1.76. The van der Waals surface area contributed by atoms with Crippen LogP contribution in [-0.2, 0) is 12.8 Å². The van der Waals surface area contributed by atoms with E-state index in [1.54, 1.807) is 6.26 Å². The lowest BCUT2D eigenvalue weighted by Crippen LogP contribution is -2.22. The van der Waals surface area contributed by atoms with E-state index in [4.69, 9.17) is 4.42 Å². The van der Waals surface area contributed by atoms with Gasteiger partial charge in [-0.1, -0.05) is 52.0 Å². The molecule has 0 radical (unpaired) electrons. The maximum Gasteiger partial charge on any atom is 0.108 e. The predicted molar refractivity (Wildman–Crippen MR) is 88.6 cm³/mol. The predicted octanol–water partition coefficient (Wildman–Crippen LogP) is 4.74. The number of hydrogen-bond donors (Lipinski definition) is 1. The number of benzene rings is 1. The van der Waals surface area contributed by atoms with Gasteiger partial charge in [0, 0.05) is 12.0 Å². The van der Waals surface area contributed by atoms with Crippen LogP contribution < -0.4 is 5.32 Å². The van der Waals surface area contributed by atoms with Gasteiger partial charge in [0.25, 0.3) is 0 Å². The maximum atomic E-state index is 5.62. The first-order chi connectivity index (χ1) is 10.2. The molecule has 1 unspecified atom stereocenters. The molecule has 1 aromatic carbocycles. The molecule has 1 aromatic heterocycles. The van der Waals surface area contributed by atoms with E-state index in [0.717, 1.165) is 25.1 Å². The molecule has 1 N–H and O–H groups in total. The fourth-order valence-electron chi connectivity index (χ4n) is 2.88. The van der Waals surface area contributed by atoms with Crippen molar-refractivity contribution in [2.75, 3.05) is 6.54 Å². The van der Waals surface area contributed by atoms with Gasteiger partial charge in [-0.2, -0.15) is 0 Å². The molecule has 1 heterocycles. The second kappa shape index (κ2) is 7.46. The van der Waals surface area contributed by atoms with Gasteiger partial charge in [0.2, 0.25) is 0 Å². The van der Waals surface area contributed by atoms with Crippen LogP contribution in [0, 0.1) is 5.92 Å². The van der Waals surface area contributed by atoms with Crippen LogP contribution in [0.25, 0.3) is 0 Å². The average molecular weight is 285 g/mol. The molecular weight excluding hydrogens is 258 g/mol. The first-order valence-corrected chi connectivity index (χ1v) is 8.04. The van der Waals surface area contributed by atoms with Gasteiger partial charge in [0.05, 0.1) is 12.3 Å². The van der Waals surface area contributed by atoms with Gasteiger partial charge < -0.3 is 9.73 Å². The summed E-state index contributed by atoms with van der Waals surface area (Å²) >= 11 is 0. The summed E-state index contributed by atoms with van der Waals surface area (Å²) in [6, 6.07) is 11.3. The summed E-state index contributed by atoms with van der Waals surface area (Å²) in [5.41, 5.74) is 4.00. The van der Waals surface area contributed by atoms with Crippen LogP contribution in [0.15, 0.2) is 41.0 Å². The van der Waals surface area contributed by atoms with E-state index >= 15 is 0 Å². The lowest BCUT2D eigenvalue weighted by molar-refractivity contribution is 0.502. The first-order valence-electron chi connectivity index (χ1n) is 8.04. The Morgan fingerprint density at radius 1 is 1.14 bits per heavy atom. The third-order valence-electron chi connectivity index (χ3n) is 3.75. The van der Waals surface area contributed by atoms with Crippen LogP contribution in [0.1, 0.15) is 56.2 Å². The summed E-state index contributed by atoms with van der Waals surface area (Å²) in [4.78, 5) is 0. The van der Waals surface area contributed by atoms with E-state index in [-0.39, 0.29) is 6.04 Å². The summed E-state index contributed by atoms with van der Waals surface area (Å²) in [6.07, 6.45) is 3.85. The largest absolute Gasteiger partial charge is 0.469 e. The van der Waals surface area contributed by atoms with Crippen LogP contribution in [-0.4, -0.2) is 6.54 Å². The fraction of sp³-hybridized carbons (Fsp3) is 0.474. The molecule has 0 spiro atoms. The zero-order valence-electron chi connectivity index (χ0n) is 13.6. The Hall–Kier alpha value is -1.54. The molecule has 0 amide bonds. The quantitative estimate of drug-likeness (QED) is 0.795. The van der Waals surface area contributed by atoms with Gasteiger partial charge in [0.1, 0.15) is 5.76 Å². The van der Waals surface area contributed by atoms with Crippen LogP contribution in [0.2, 0.25) is 0 Å². The standard InChI is InChI=1S/C19H27NO/c1-5-18-17(10-11-21-18)19(20-6-2)16-9-7-8-15(13-16)12-14(3)4/h7-11,13-14,19-20H,5-6,12H2,1-4H3. The van der Waals surface area contributed by atoms with E-state index in [2.05, 4.69) is 63.3 Å². The summed E-state index contributed by atoms with van der Waals surface area (Å²) in [7, 11) is 0. The zero-order chi connectivity index (χ0) is 15.2. The number of aryl methyl sites for hydroxylation is 1. The molecule has 0 aliphatic rings. The molecule has 0 saturated heterocycles. The molecule has 0 saturated carbocycles. The topological polar surface area (TPSA) is 25.2 Å². The smallest absolute Gasteiger partial charge is 0.108 e. The Morgan fingerprint density at radius 3 is 2.62 bits per heavy atom. The van der Waals surface area contributed by atoms with Crippen molar-refractivity contribution in [1.29, 1.82) is 0 Å². The lowest BCUT2D eigenvalue weighted by atomic mass is 9.94. The lowest BCUT2D eigenvalue weighted by Gasteiger charge is -2.19. The molecule has 0 aliphatic carbocycles. The van der Waals surface area contributed by atoms with Crippen molar-refractivity contribution in [1.82, 2.24) is 5.32 Å². The number of hydrogen-bond acceptors (Lipinski definition) is 2. The Bertz CT molecular complexity index is 556. The van der Waals surface area contributed by atoms with Crippen molar-refractivity contribution in [3.8, 4) is 0 Å². The summed E-state index contributed by atoms with van der Waals surface area (Å²) in [5, 5.41) is 3.60. The highest BCUT2D eigenvalue weighted by Gasteiger charge is 2.18. The van der Waals surface area contributed by atoms with Crippen molar-refractivity contribution >= 4 is 0 Å². The number of nitrogens with one attached hydrogen (secondary N) is 1. The van der Waals surface area contributed by atoms with E-state index in [1.807, 2.05) is 0 Å². The molecule has 1 atom stereocenters. The normalized spacial score (nSPS) is 12.8. The zero-order valence-corrected chi connectivity index (χ0v) is 13.6. The van der Waals surface area contributed by atoms with E-state index < -0.39 is 0 Å². The number of furan rings is 1. The minimum atomic E-state index is 0.218. The molecule has 0 bridgehead atoms. The molecule has 2 aromatic rings. The molecule has 2 nitrogen and oxygen atoms in total. The second-order valence-electron chi connectivity index (χ2n) is 5.99. The Kier molecular flexibility index (Phi) is 5.63. The Morgan fingerprint density at radius 2 is 1.95 bits per heavy atom. The van der Waals surface area contributed by atoms with Gasteiger partial charge in [-0.15, -0.1) is 0 Å². The summed E-state index contributed by atoms with van der Waals surface area (Å²) < 4.78 is 5.62. The van der Waals surface area contributed by atoms with Crippen molar-refractivity contribution in [2.45, 2.75) is 46.6 Å². The van der Waals surface area contributed by atoms with E-state index in [9.17, 15) is 0 Å². The Balaban J connectivity index is 2.34. The van der Waals surface area contributed by atoms with Crippen molar-refractivity contribution in [3.63, 3.8) is 0 Å². The minimum Gasteiger partial charge on any atom is -0.469 e. The maximum absolute atomic E-state index is 5.62. The first kappa shape index (κ1) is 15.8. The molecule has 21 heavy (non-hydrogen) atoms. The highest BCUT2D eigenvalue weighted by molar-refractivity contribution is 5.35. The van der Waals surface area contributed by atoms with Crippen LogP contribution >= 0.6 is 0 Å².